The number of sulfone groups is 1. The summed E-state index contributed by atoms with van der Waals surface area (Å²) >= 11 is 1.68. The molecule has 112 valence electrons. The number of rotatable bonds is 8. The molecule has 1 aromatic carbocycles. The molecule has 4 nitrogen and oxygen atoms in total. The SMILES string of the molecule is CCC(C)CSCCS(=O)(=O)c1ccc(C(=N)N)cc1. The molecule has 0 fully saturated rings. The minimum atomic E-state index is -3.24. The number of thioether (sulfide) groups is 1. The Labute approximate surface area is 125 Å². The first-order chi connectivity index (χ1) is 9.36. The van der Waals surface area contributed by atoms with Gasteiger partial charge in [-0.15, -0.1) is 0 Å². The molecule has 0 saturated heterocycles. The first kappa shape index (κ1) is 17.0. The van der Waals surface area contributed by atoms with Crippen molar-refractivity contribution in [3.05, 3.63) is 29.8 Å². The molecule has 1 aromatic rings. The summed E-state index contributed by atoms with van der Waals surface area (Å²) in [6.07, 6.45) is 1.12. The van der Waals surface area contributed by atoms with Crippen LogP contribution in [0.1, 0.15) is 25.8 Å². The predicted molar refractivity (Wildman–Crippen MR) is 86.3 cm³/mol. The molecular formula is C14H22N2O2S2. The molecule has 0 aromatic heterocycles. The van der Waals surface area contributed by atoms with Crippen LogP contribution in [-0.4, -0.2) is 31.5 Å². The quantitative estimate of drug-likeness (QED) is 0.439. The first-order valence-electron chi connectivity index (χ1n) is 6.61. The van der Waals surface area contributed by atoms with E-state index in [0.717, 1.165) is 12.2 Å². The highest BCUT2D eigenvalue weighted by Crippen LogP contribution is 2.16. The van der Waals surface area contributed by atoms with Crippen LogP contribution in [0.4, 0.5) is 0 Å². The molecule has 3 N–H and O–H groups in total. The highest BCUT2D eigenvalue weighted by Gasteiger charge is 2.14. The van der Waals surface area contributed by atoms with Crippen molar-refractivity contribution in [3.63, 3.8) is 0 Å². The number of benzene rings is 1. The molecule has 0 aliphatic heterocycles. The standard InChI is InChI=1S/C14H22N2O2S2/c1-3-11(2)10-19-8-9-20(17,18)13-6-4-12(5-7-13)14(15)16/h4-7,11H,3,8-10H2,1-2H3,(H3,15,16). The smallest absolute Gasteiger partial charge is 0.179 e. The van der Waals surface area contributed by atoms with Crippen LogP contribution in [-0.2, 0) is 9.84 Å². The molecule has 1 atom stereocenters. The Morgan fingerprint density at radius 3 is 2.45 bits per heavy atom. The highest BCUT2D eigenvalue weighted by atomic mass is 32.2. The Kier molecular flexibility index (Phi) is 6.55. The van der Waals surface area contributed by atoms with E-state index in [1.54, 1.807) is 23.9 Å². The molecule has 6 heteroatoms. The van der Waals surface area contributed by atoms with E-state index in [0.29, 0.717) is 22.1 Å². The summed E-state index contributed by atoms with van der Waals surface area (Å²) in [4.78, 5) is 0.298. The van der Waals surface area contributed by atoms with Gasteiger partial charge in [-0.3, -0.25) is 5.41 Å². The molecule has 1 unspecified atom stereocenters. The van der Waals surface area contributed by atoms with E-state index in [9.17, 15) is 8.42 Å². The fourth-order valence-corrected chi connectivity index (χ4v) is 4.47. The second-order valence-corrected chi connectivity index (χ2v) is 8.10. The van der Waals surface area contributed by atoms with Crippen LogP contribution in [0.15, 0.2) is 29.2 Å². The zero-order valence-corrected chi connectivity index (χ0v) is 13.6. The summed E-state index contributed by atoms with van der Waals surface area (Å²) in [6.45, 7) is 4.31. The van der Waals surface area contributed by atoms with Crippen molar-refractivity contribution in [2.75, 3.05) is 17.3 Å². The van der Waals surface area contributed by atoms with E-state index in [2.05, 4.69) is 13.8 Å². The number of nitrogens with one attached hydrogen (secondary N) is 1. The van der Waals surface area contributed by atoms with Crippen LogP contribution in [0.3, 0.4) is 0 Å². The lowest BCUT2D eigenvalue weighted by atomic mass is 10.2. The third-order valence-electron chi connectivity index (χ3n) is 3.12. The minimum absolute atomic E-state index is 0.0574. The molecule has 0 amide bonds. The molecule has 0 saturated carbocycles. The van der Waals surface area contributed by atoms with Gasteiger partial charge in [0.15, 0.2) is 9.84 Å². The van der Waals surface area contributed by atoms with Crippen molar-refractivity contribution in [3.8, 4) is 0 Å². The van der Waals surface area contributed by atoms with Gasteiger partial charge in [-0.2, -0.15) is 11.8 Å². The van der Waals surface area contributed by atoms with Gasteiger partial charge in [0.25, 0.3) is 0 Å². The van der Waals surface area contributed by atoms with Crippen molar-refractivity contribution in [2.45, 2.75) is 25.2 Å². The van der Waals surface area contributed by atoms with Crippen LogP contribution in [0.25, 0.3) is 0 Å². The zero-order chi connectivity index (χ0) is 15.2. The maximum Gasteiger partial charge on any atom is 0.179 e. The van der Waals surface area contributed by atoms with E-state index in [4.69, 9.17) is 11.1 Å². The monoisotopic (exact) mass is 314 g/mol. The van der Waals surface area contributed by atoms with E-state index in [1.807, 2.05) is 0 Å². The number of nitrogen functional groups attached to an aromatic ring is 1. The molecule has 1 rings (SSSR count). The van der Waals surface area contributed by atoms with E-state index < -0.39 is 9.84 Å². The fourth-order valence-electron chi connectivity index (χ4n) is 1.53. The number of hydrogen-bond acceptors (Lipinski definition) is 4. The van der Waals surface area contributed by atoms with E-state index in [1.165, 1.54) is 12.1 Å². The van der Waals surface area contributed by atoms with Gasteiger partial charge in [-0.25, -0.2) is 8.42 Å². The van der Waals surface area contributed by atoms with Gasteiger partial charge in [-0.05, 0) is 23.8 Å². The van der Waals surface area contributed by atoms with Crippen molar-refractivity contribution in [1.82, 2.24) is 0 Å². The van der Waals surface area contributed by atoms with E-state index in [-0.39, 0.29) is 11.6 Å². The van der Waals surface area contributed by atoms with Crippen molar-refractivity contribution in [1.29, 1.82) is 5.41 Å². The second-order valence-electron chi connectivity index (χ2n) is 4.85. The second kappa shape index (κ2) is 7.69. The van der Waals surface area contributed by atoms with Crippen molar-refractivity contribution < 1.29 is 8.42 Å². The Bertz CT molecular complexity index is 539. The largest absolute Gasteiger partial charge is 0.384 e. The number of hydrogen-bond donors (Lipinski definition) is 2. The number of nitrogens with two attached hydrogens (primary N) is 1. The first-order valence-corrected chi connectivity index (χ1v) is 9.42. The van der Waals surface area contributed by atoms with Crippen LogP contribution in [0.5, 0.6) is 0 Å². The van der Waals surface area contributed by atoms with Gasteiger partial charge < -0.3 is 5.73 Å². The molecule has 0 aliphatic rings. The highest BCUT2D eigenvalue weighted by molar-refractivity contribution is 8.00. The topological polar surface area (TPSA) is 84.0 Å². The zero-order valence-electron chi connectivity index (χ0n) is 11.9. The van der Waals surface area contributed by atoms with Gasteiger partial charge in [0.2, 0.25) is 0 Å². The van der Waals surface area contributed by atoms with Crippen LogP contribution in [0, 0.1) is 11.3 Å². The van der Waals surface area contributed by atoms with Gasteiger partial charge in [0.05, 0.1) is 10.6 Å². The minimum Gasteiger partial charge on any atom is -0.384 e. The van der Waals surface area contributed by atoms with Crippen molar-refractivity contribution >= 4 is 27.4 Å². The average molecular weight is 314 g/mol. The summed E-state index contributed by atoms with van der Waals surface area (Å²) in [5, 5.41) is 7.28. The summed E-state index contributed by atoms with van der Waals surface area (Å²) in [7, 11) is -3.24. The van der Waals surface area contributed by atoms with Gasteiger partial charge in [0.1, 0.15) is 5.84 Å². The lowest BCUT2D eigenvalue weighted by molar-refractivity contribution is 0.597. The fraction of sp³-hybridized carbons (Fsp3) is 0.500. The summed E-state index contributed by atoms with van der Waals surface area (Å²) in [5.74, 6) is 2.32. The Hall–Kier alpha value is -1.01. The van der Waals surface area contributed by atoms with Crippen LogP contribution in [0.2, 0.25) is 0 Å². The van der Waals surface area contributed by atoms with Gasteiger partial charge >= 0.3 is 0 Å². The maximum atomic E-state index is 12.1. The maximum absolute atomic E-state index is 12.1. The lowest BCUT2D eigenvalue weighted by Crippen LogP contribution is -2.13. The van der Waals surface area contributed by atoms with Crippen molar-refractivity contribution in [2.24, 2.45) is 11.7 Å². The van der Waals surface area contributed by atoms with Gasteiger partial charge in [0, 0.05) is 11.3 Å². The Morgan fingerprint density at radius 1 is 1.35 bits per heavy atom. The molecule has 0 radical (unpaired) electrons. The Morgan fingerprint density at radius 2 is 1.95 bits per heavy atom. The normalized spacial score (nSPS) is 13.1. The van der Waals surface area contributed by atoms with Crippen LogP contribution >= 0.6 is 11.8 Å². The molecule has 0 bridgehead atoms. The Balaban J connectivity index is 2.58. The van der Waals surface area contributed by atoms with Gasteiger partial charge in [-0.1, -0.05) is 32.4 Å². The third-order valence-corrected chi connectivity index (χ3v) is 6.41. The number of amidine groups is 1. The third kappa shape index (κ3) is 5.17. The predicted octanol–water partition coefficient (Wildman–Crippen LogP) is 2.52. The molecular weight excluding hydrogens is 292 g/mol. The lowest BCUT2D eigenvalue weighted by Gasteiger charge is -2.08. The molecule has 0 heterocycles. The molecule has 20 heavy (non-hydrogen) atoms. The van der Waals surface area contributed by atoms with Crippen LogP contribution < -0.4 is 5.73 Å². The van der Waals surface area contributed by atoms with E-state index >= 15 is 0 Å². The summed E-state index contributed by atoms with van der Waals surface area (Å²) in [5.41, 5.74) is 5.88. The summed E-state index contributed by atoms with van der Waals surface area (Å²) < 4.78 is 24.3. The summed E-state index contributed by atoms with van der Waals surface area (Å²) in [6, 6.07) is 6.18. The molecule has 0 aliphatic carbocycles. The molecule has 0 spiro atoms. The average Bonchev–Trinajstić information content (AvgIpc) is 2.43.